The Morgan fingerprint density at radius 3 is 2.80 bits per heavy atom. The smallest absolute Gasteiger partial charge is 0.173 e. The van der Waals surface area contributed by atoms with E-state index in [1.165, 1.54) is 6.33 Å². The minimum Gasteiger partial charge on any atom is -0.387 e. The molecule has 0 aromatic carbocycles. The Kier molecular flexibility index (Phi) is 3.18. The van der Waals surface area contributed by atoms with Gasteiger partial charge in [0.05, 0.1) is 18.1 Å². The molecule has 20 heavy (non-hydrogen) atoms. The highest BCUT2D eigenvalue weighted by Gasteiger charge is 2.44. The van der Waals surface area contributed by atoms with Crippen LogP contribution < -0.4 is 0 Å². The van der Waals surface area contributed by atoms with Crippen molar-refractivity contribution in [2.45, 2.75) is 51.8 Å². The lowest BCUT2D eigenvalue weighted by molar-refractivity contribution is -0.0238. The van der Waals surface area contributed by atoms with Crippen LogP contribution in [0, 0.1) is 13.8 Å². The minimum absolute atomic E-state index is 0.503. The van der Waals surface area contributed by atoms with Crippen molar-refractivity contribution in [3.05, 3.63) is 17.8 Å². The fourth-order valence-corrected chi connectivity index (χ4v) is 2.65. The fraction of sp³-hybridized carbons (Fsp3) is 0.615. The maximum absolute atomic E-state index is 14.2. The molecule has 4 atom stereocenters. The van der Waals surface area contributed by atoms with Crippen LogP contribution in [0.2, 0.25) is 0 Å². The summed E-state index contributed by atoms with van der Waals surface area (Å²) in [5.74, 6) is 0.595. The molecule has 0 aliphatic carbocycles. The summed E-state index contributed by atoms with van der Waals surface area (Å²) in [5.41, 5.74) is 1.90. The maximum Gasteiger partial charge on any atom is 0.173 e. The first-order chi connectivity index (χ1) is 9.52. The van der Waals surface area contributed by atoms with E-state index in [0.717, 1.165) is 5.69 Å². The molecule has 108 valence electrons. The van der Waals surface area contributed by atoms with Gasteiger partial charge in [0.1, 0.15) is 17.4 Å². The molecule has 3 heterocycles. The molecule has 1 N–H and O–H groups in total. The van der Waals surface area contributed by atoms with Gasteiger partial charge >= 0.3 is 0 Å². The number of rotatable bonds is 2. The van der Waals surface area contributed by atoms with E-state index in [4.69, 9.17) is 4.74 Å². The largest absolute Gasteiger partial charge is 0.387 e. The lowest BCUT2D eigenvalue weighted by Gasteiger charge is -2.15. The van der Waals surface area contributed by atoms with Crippen molar-refractivity contribution in [2.75, 3.05) is 0 Å². The van der Waals surface area contributed by atoms with Crippen LogP contribution in [0.3, 0.4) is 0 Å². The van der Waals surface area contributed by atoms with Gasteiger partial charge in [-0.25, -0.2) is 19.3 Å². The zero-order valence-corrected chi connectivity index (χ0v) is 11.6. The van der Waals surface area contributed by atoms with Crippen LogP contribution in [0.15, 0.2) is 6.33 Å². The van der Waals surface area contributed by atoms with E-state index < -0.39 is 24.6 Å². The van der Waals surface area contributed by atoms with Gasteiger partial charge in [0, 0.05) is 0 Å². The van der Waals surface area contributed by atoms with Crippen molar-refractivity contribution >= 4 is 11.2 Å². The summed E-state index contributed by atoms with van der Waals surface area (Å²) >= 11 is 0. The normalized spacial score (nSPS) is 30.2. The van der Waals surface area contributed by atoms with Crippen molar-refractivity contribution in [3.8, 4) is 0 Å². The molecule has 1 aliphatic rings. The summed E-state index contributed by atoms with van der Waals surface area (Å²) in [6.07, 6.45) is -1.96. The molecule has 1 saturated heterocycles. The Labute approximate surface area is 115 Å². The molecule has 0 saturated carbocycles. The topological polar surface area (TPSA) is 73.1 Å². The quantitative estimate of drug-likeness (QED) is 0.901. The van der Waals surface area contributed by atoms with Crippen LogP contribution >= 0.6 is 0 Å². The number of aryl methyl sites for hydroxylation is 2. The molecule has 2 aromatic rings. The second kappa shape index (κ2) is 4.75. The average Bonchev–Trinajstić information content (AvgIpc) is 2.93. The molecule has 0 unspecified atom stereocenters. The van der Waals surface area contributed by atoms with Crippen LogP contribution in [-0.2, 0) is 4.74 Å². The van der Waals surface area contributed by atoms with Gasteiger partial charge in [-0.2, -0.15) is 0 Å². The highest BCUT2D eigenvalue weighted by atomic mass is 19.1. The molecule has 2 aromatic heterocycles. The minimum atomic E-state index is -1.49. The first kappa shape index (κ1) is 13.4. The van der Waals surface area contributed by atoms with E-state index >= 15 is 0 Å². The van der Waals surface area contributed by atoms with Gasteiger partial charge in [-0.15, -0.1) is 0 Å². The third-order valence-electron chi connectivity index (χ3n) is 3.68. The fourth-order valence-electron chi connectivity index (χ4n) is 2.65. The number of imidazole rings is 1. The SMILES string of the molecule is CC[C@H]1O[C@@H](n2cnc3c(C)nc(C)nc32)[C@@H](F)[C@@H]1O. The first-order valence-electron chi connectivity index (χ1n) is 6.68. The number of aromatic nitrogens is 4. The summed E-state index contributed by atoms with van der Waals surface area (Å²) in [6, 6.07) is 0. The van der Waals surface area contributed by atoms with Gasteiger partial charge in [0.25, 0.3) is 0 Å². The number of hydrogen-bond acceptors (Lipinski definition) is 5. The molecular weight excluding hydrogens is 263 g/mol. The van der Waals surface area contributed by atoms with Gasteiger partial charge in [0.2, 0.25) is 0 Å². The Hall–Kier alpha value is -1.60. The van der Waals surface area contributed by atoms with E-state index in [0.29, 0.717) is 23.4 Å². The number of halogens is 1. The van der Waals surface area contributed by atoms with E-state index in [2.05, 4.69) is 15.0 Å². The average molecular weight is 280 g/mol. The van der Waals surface area contributed by atoms with E-state index in [1.54, 1.807) is 11.5 Å². The predicted molar refractivity (Wildman–Crippen MR) is 69.9 cm³/mol. The van der Waals surface area contributed by atoms with Crippen LogP contribution in [0.5, 0.6) is 0 Å². The molecule has 1 fully saturated rings. The molecule has 0 spiro atoms. The molecule has 3 rings (SSSR count). The molecule has 0 bridgehead atoms. The van der Waals surface area contributed by atoms with Crippen LogP contribution in [0.1, 0.15) is 31.1 Å². The van der Waals surface area contributed by atoms with Gasteiger partial charge in [-0.05, 0) is 20.3 Å². The van der Waals surface area contributed by atoms with Crippen LogP contribution in [0.25, 0.3) is 11.2 Å². The number of ether oxygens (including phenoxy) is 1. The lowest BCUT2D eigenvalue weighted by atomic mass is 10.1. The summed E-state index contributed by atoms with van der Waals surface area (Å²) < 4.78 is 21.4. The molecule has 0 amide bonds. The number of fused-ring (bicyclic) bond motifs is 1. The monoisotopic (exact) mass is 280 g/mol. The summed E-state index contributed by atoms with van der Waals surface area (Å²) in [4.78, 5) is 12.8. The number of nitrogens with zero attached hydrogens (tertiary/aromatic N) is 4. The predicted octanol–water partition coefficient (Wildman–Crippen LogP) is 1.45. The number of aliphatic hydroxyl groups is 1. The lowest BCUT2D eigenvalue weighted by Crippen LogP contribution is -2.27. The van der Waals surface area contributed by atoms with E-state index in [1.807, 2.05) is 13.8 Å². The van der Waals surface area contributed by atoms with Crippen LogP contribution in [0.4, 0.5) is 4.39 Å². The van der Waals surface area contributed by atoms with Crippen molar-refractivity contribution in [1.82, 2.24) is 19.5 Å². The molecule has 0 radical (unpaired) electrons. The second-order valence-corrected chi connectivity index (χ2v) is 5.09. The zero-order valence-electron chi connectivity index (χ0n) is 11.6. The van der Waals surface area contributed by atoms with Crippen molar-refractivity contribution in [2.24, 2.45) is 0 Å². The Bertz CT molecular complexity index is 645. The van der Waals surface area contributed by atoms with Gasteiger partial charge in [-0.1, -0.05) is 6.92 Å². The Morgan fingerprint density at radius 1 is 1.40 bits per heavy atom. The second-order valence-electron chi connectivity index (χ2n) is 5.09. The van der Waals surface area contributed by atoms with Gasteiger partial charge in [-0.3, -0.25) is 4.57 Å². The number of alkyl halides is 1. The Morgan fingerprint density at radius 2 is 2.15 bits per heavy atom. The third-order valence-corrected chi connectivity index (χ3v) is 3.68. The van der Waals surface area contributed by atoms with Crippen molar-refractivity contribution in [3.63, 3.8) is 0 Å². The highest BCUT2D eigenvalue weighted by molar-refractivity contribution is 5.73. The molecule has 7 heteroatoms. The first-order valence-corrected chi connectivity index (χ1v) is 6.68. The third kappa shape index (κ3) is 1.89. The summed E-state index contributed by atoms with van der Waals surface area (Å²) in [6.45, 7) is 5.46. The zero-order chi connectivity index (χ0) is 14.4. The van der Waals surface area contributed by atoms with Crippen molar-refractivity contribution in [1.29, 1.82) is 0 Å². The van der Waals surface area contributed by atoms with Gasteiger partial charge < -0.3 is 9.84 Å². The molecule has 6 nitrogen and oxygen atoms in total. The van der Waals surface area contributed by atoms with Crippen molar-refractivity contribution < 1.29 is 14.2 Å². The van der Waals surface area contributed by atoms with Gasteiger partial charge in [0.15, 0.2) is 18.0 Å². The van der Waals surface area contributed by atoms with E-state index in [9.17, 15) is 9.50 Å². The standard InChI is InChI=1S/C13H17FN4O2/c1-4-8-11(19)9(14)13(20-8)18-5-15-10-6(2)16-7(3)17-12(10)18/h5,8-9,11,13,19H,4H2,1-3H3/t8-,9+,11-,13-/m1/s1. The van der Waals surface area contributed by atoms with E-state index in [-0.39, 0.29) is 0 Å². The molecular formula is C13H17FN4O2. The maximum atomic E-state index is 14.2. The summed E-state index contributed by atoms with van der Waals surface area (Å²) in [5, 5.41) is 9.84. The van der Waals surface area contributed by atoms with Crippen LogP contribution in [-0.4, -0.2) is 43.0 Å². The highest BCUT2D eigenvalue weighted by Crippen LogP contribution is 2.34. The number of hydrogen-bond donors (Lipinski definition) is 1. The summed E-state index contributed by atoms with van der Waals surface area (Å²) in [7, 11) is 0. The Balaban J connectivity index is 2.07. The molecule has 1 aliphatic heterocycles. The number of aliphatic hydroxyl groups excluding tert-OH is 1.